The third-order valence-corrected chi connectivity index (χ3v) is 4.54. The van der Waals surface area contributed by atoms with Crippen LogP contribution in [0, 0.1) is 0 Å². The van der Waals surface area contributed by atoms with E-state index in [-0.39, 0.29) is 13.2 Å². The molecule has 0 amide bonds. The highest BCUT2D eigenvalue weighted by atomic mass is 32.2. The van der Waals surface area contributed by atoms with Gasteiger partial charge in [-0.3, -0.25) is 4.79 Å². The van der Waals surface area contributed by atoms with E-state index in [2.05, 4.69) is 4.74 Å². The van der Waals surface area contributed by atoms with Gasteiger partial charge in [0.05, 0.1) is 13.2 Å². The van der Waals surface area contributed by atoms with E-state index >= 15 is 0 Å². The number of piperidine rings is 1. The number of aliphatic hydroxyl groups excluding tert-OH is 1. The van der Waals surface area contributed by atoms with E-state index in [9.17, 15) is 13.2 Å². The Morgan fingerprint density at radius 2 is 2.18 bits per heavy atom. The van der Waals surface area contributed by atoms with Gasteiger partial charge in [-0.1, -0.05) is 6.42 Å². The molecule has 1 aliphatic heterocycles. The molecular formula is C10H19NO5S. The molecular weight excluding hydrogens is 246 g/mol. The average molecular weight is 265 g/mol. The maximum Gasteiger partial charge on any atom is 0.322 e. The Morgan fingerprint density at radius 1 is 1.47 bits per heavy atom. The number of esters is 1. The lowest BCUT2D eigenvalue weighted by Crippen LogP contribution is -2.47. The van der Waals surface area contributed by atoms with Crippen molar-refractivity contribution in [3.63, 3.8) is 0 Å². The zero-order chi connectivity index (χ0) is 12.9. The van der Waals surface area contributed by atoms with Gasteiger partial charge in [0.1, 0.15) is 0 Å². The second-order valence-corrected chi connectivity index (χ2v) is 5.93. The molecule has 0 aromatic carbocycles. The molecule has 7 heteroatoms. The summed E-state index contributed by atoms with van der Waals surface area (Å²) in [5.41, 5.74) is 0. The van der Waals surface area contributed by atoms with Gasteiger partial charge in [0, 0.05) is 12.6 Å². The van der Waals surface area contributed by atoms with Crippen LogP contribution in [0.2, 0.25) is 0 Å². The fourth-order valence-corrected chi connectivity index (χ4v) is 3.54. The van der Waals surface area contributed by atoms with Gasteiger partial charge >= 0.3 is 5.97 Å². The highest BCUT2D eigenvalue weighted by Crippen LogP contribution is 2.20. The van der Waals surface area contributed by atoms with Crippen molar-refractivity contribution in [2.75, 3.05) is 25.5 Å². The number of hydrogen-bond donors (Lipinski definition) is 1. The highest BCUT2D eigenvalue weighted by molar-refractivity contribution is 7.89. The van der Waals surface area contributed by atoms with Gasteiger partial charge in [0.2, 0.25) is 10.0 Å². The van der Waals surface area contributed by atoms with E-state index in [4.69, 9.17) is 5.11 Å². The lowest BCUT2D eigenvalue weighted by atomic mass is 10.1. The molecule has 0 radical (unpaired) electrons. The van der Waals surface area contributed by atoms with E-state index in [0.717, 1.165) is 12.8 Å². The van der Waals surface area contributed by atoms with Crippen LogP contribution in [0.1, 0.15) is 26.2 Å². The minimum Gasteiger partial charge on any atom is -0.465 e. The zero-order valence-corrected chi connectivity index (χ0v) is 10.8. The normalized spacial score (nSPS) is 22.4. The fraction of sp³-hybridized carbons (Fsp3) is 0.900. The Kier molecular flexibility index (Phi) is 5.35. The number of sulfonamides is 1. The van der Waals surface area contributed by atoms with Crippen LogP contribution in [-0.2, 0) is 19.6 Å². The monoisotopic (exact) mass is 265 g/mol. The molecule has 1 aliphatic rings. The third kappa shape index (κ3) is 3.93. The van der Waals surface area contributed by atoms with Crippen LogP contribution in [0.4, 0.5) is 0 Å². The van der Waals surface area contributed by atoms with E-state index in [0.29, 0.717) is 13.0 Å². The van der Waals surface area contributed by atoms with Gasteiger partial charge in [0.25, 0.3) is 0 Å². The number of nitrogens with zero attached hydrogens (tertiary/aromatic N) is 1. The quantitative estimate of drug-likeness (QED) is 0.692. The summed E-state index contributed by atoms with van der Waals surface area (Å²) < 4.78 is 29.8. The van der Waals surface area contributed by atoms with Crippen LogP contribution in [0.15, 0.2) is 0 Å². The summed E-state index contributed by atoms with van der Waals surface area (Å²) in [6.07, 6.45) is 2.30. The topological polar surface area (TPSA) is 83.9 Å². The zero-order valence-electron chi connectivity index (χ0n) is 9.96. The molecule has 1 rings (SSSR count). The molecule has 100 valence electrons. The Balaban J connectivity index is 2.70. The van der Waals surface area contributed by atoms with Crippen molar-refractivity contribution in [1.29, 1.82) is 0 Å². The van der Waals surface area contributed by atoms with Gasteiger partial charge in [-0.15, -0.1) is 0 Å². The van der Waals surface area contributed by atoms with Gasteiger partial charge in [-0.25, -0.2) is 8.42 Å². The number of aliphatic hydroxyl groups is 1. The van der Waals surface area contributed by atoms with Crippen molar-refractivity contribution in [1.82, 2.24) is 4.31 Å². The number of ether oxygens (including phenoxy) is 1. The van der Waals surface area contributed by atoms with Crippen LogP contribution in [0.5, 0.6) is 0 Å². The minimum atomic E-state index is -3.67. The molecule has 0 aromatic heterocycles. The third-order valence-electron chi connectivity index (χ3n) is 2.75. The summed E-state index contributed by atoms with van der Waals surface area (Å²) in [6.45, 7) is 1.95. The fourth-order valence-electron chi connectivity index (χ4n) is 1.96. The molecule has 17 heavy (non-hydrogen) atoms. The molecule has 1 saturated heterocycles. The second kappa shape index (κ2) is 6.32. The summed E-state index contributed by atoms with van der Waals surface area (Å²) >= 11 is 0. The Labute approximate surface area is 102 Å². The summed E-state index contributed by atoms with van der Waals surface area (Å²) in [5.74, 6) is -1.38. The summed E-state index contributed by atoms with van der Waals surface area (Å²) in [6, 6.07) is -0.400. The first-order valence-electron chi connectivity index (χ1n) is 5.77. The van der Waals surface area contributed by atoms with Crippen LogP contribution in [-0.4, -0.2) is 55.4 Å². The number of rotatable bonds is 5. The smallest absolute Gasteiger partial charge is 0.322 e. The minimum absolute atomic E-state index is 0.164. The maximum atomic E-state index is 12.0. The van der Waals surface area contributed by atoms with Gasteiger partial charge in [-0.05, 0) is 19.8 Å². The molecule has 0 saturated carbocycles. The van der Waals surface area contributed by atoms with Crippen molar-refractivity contribution >= 4 is 16.0 Å². The molecule has 1 heterocycles. The lowest BCUT2D eigenvalue weighted by molar-refractivity contribution is -0.140. The van der Waals surface area contributed by atoms with E-state index in [1.807, 2.05) is 0 Å². The summed E-state index contributed by atoms with van der Waals surface area (Å²) in [4.78, 5) is 11.2. The molecule has 1 atom stereocenters. The Bertz CT molecular complexity index is 354. The van der Waals surface area contributed by atoms with Crippen molar-refractivity contribution in [2.45, 2.75) is 32.2 Å². The molecule has 0 aromatic rings. The van der Waals surface area contributed by atoms with Gasteiger partial charge in [0.15, 0.2) is 5.75 Å². The van der Waals surface area contributed by atoms with Gasteiger partial charge in [-0.2, -0.15) is 4.31 Å². The largest absolute Gasteiger partial charge is 0.465 e. The summed E-state index contributed by atoms with van der Waals surface area (Å²) in [7, 11) is -3.67. The molecule has 0 spiro atoms. The second-order valence-electron chi connectivity index (χ2n) is 4.00. The van der Waals surface area contributed by atoms with Crippen molar-refractivity contribution < 1.29 is 23.1 Å². The van der Waals surface area contributed by atoms with Crippen molar-refractivity contribution in [3.05, 3.63) is 0 Å². The first kappa shape index (κ1) is 14.4. The lowest BCUT2D eigenvalue weighted by Gasteiger charge is -2.33. The van der Waals surface area contributed by atoms with Crippen molar-refractivity contribution in [3.8, 4) is 0 Å². The SMILES string of the molecule is CCOC(=O)CS(=O)(=O)N1CCCCC1CO. The molecule has 0 bridgehead atoms. The molecule has 1 unspecified atom stereocenters. The highest BCUT2D eigenvalue weighted by Gasteiger charge is 2.33. The Hall–Kier alpha value is -0.660. The average Bonchev–Trinajstić information content (AvgIpc) is 2.28. The van der Waals surface area contributed by atoms with Crippen LogP contribution in [0.3, 0.4) is 0 Å². The van der Waals surface area contributed by atoms with Gasteiger partial charge < -0.3 is 9.84 Å². The van der Waals surface area contributed by atoms with E-state index in [1.165, 1.54) is 4.31 Å². The molecule has 1 N–H and O–H groups in total. The van der Waals surface area contributed by atoms with E-state index < -0.39 is 27.8 Å². The van der Waals surface area contributed by atoms with E-state index in [1.54, 1.807) is 6.92 Å². The van der Waals surface area contributed by atoms with Crippen molar-refractivity contribution in [2.24, 2.45) is 0 Å². The predicted octanol–water partition coefficient (Wildman–Crippen LogP) is -0.274. The van der Waals surface area contributed by atoms with Crippen LogP contribution >= 0.6 is 0 Å². The Morgan fingerprint density at radius 3 is 2.76 bits per heavy atom. The number of hydrogen-bond acceptors (Lipinski definition) is 5. The molecule has 1 fully saturated rings. The number of carbonyl (C=O) groups is 1. The van der Waals surface area contributed by atoms with Crippen LogP contribution < -0.4 is 0 Å². The summed E-state index contributed by atoms with van der Waals surface area (Å²) in [5, 5.41) is 9.14. The number of carbonyl (C=O) groups excluding carboxylic acids is 1. The first-order chi connectivity index (χ1) is 8.01. The molecule has 6 nitrogen and oxygen atoms in total. The van der Waals surface area contributed by atoms with Crippen LogP contribution in [0.25, 0.3) is 0 Å². The molecule has 0 aliphatic carbocycles. The standard InChI is InChI=1S/C10H19NO5S/c1-2-16-10(13)8-17(14,15)11-6-4-3-5-9(11)7-12/h9,12H,2-8H2,1H3. The first-order valence-corrected chi connectivity index (χ1v) is 7.38. The maximum absolute atomic E-state index is 12.0. The predicted molar refractivity (Wildman–Crippen MR) is 61.9 cm³/mol.